The van der Waals surface area contributed by atoms with Crippen molar-refractivity contribution in [2.75, 3.05) is 14.2 Å². The third kappa shape index (κ3) is 3.15. The molecule has 2 aromatic heterocycles. The van der Waals surface area contributed by atoms with E-state index in [4.69, 9.17) is 9.47 Å². The SMILES string of the molecule is COc1cc(C(=O)/C(C)=C/c2ccc3[nH]ccc3c2)cc(OC)n1. The van der Waals surface area contributed by atoms with Crippen molar-refractivity contribution >= 4 is 22.8 Å². The molecule has 24 heavy (non-hydrogen) atoms. The number of nitrogens with zero attached hydrogens (tertiary/aromatic N) is 1. The van der Waals surface area contributed by atoms with Gasteiger partial charge >= 0.3 is 0 Å². The summed E-state index contributed by atoms with van der Waals surface area (Å²) in [6.45, 7) is 1.79. The van der Waals surface area contributed by atoms with Crippen molar-refractivity contribution in [3.05, 3.63) is 59.3 Å². The predicted molar refractivity (Wildman–Crippen MR) is 93.6 cm³/mol. The number of benzene rings is 1. The Balaban J connectivity index is 1.93. The number of rotatable bonds is 5. The third-order valence-electron chi connectivity index (χ3n) is 3.78. The Bertz CT molecular complexity index is 903. The Kier molecular flexibility index (Phi) is 4.33. The Labute approximate surface area is 139 Å². The normalized spacial score (nSPS) is 11.5. The summed E-state index contributed by atoms with van der Waals surface area (Å²) in [5.74, 6) is 0.599. The summed E-state index contributed by atoms with van der Waals surface area (Å²) in [6, 6.07) is 11.2. The van der Waals surface area contributed by atoms with Gasteiger partial charge in [0.1, 0.15) is 0 Å². The Morgan fingerprint density at radius 2 is 1.79 bits per heavy atom. The van der Waals surface area contributed by atoms with E-state index in [-0.39, 0.29) is 5.78 Å². The number of pyridine rings is 1. The monoisotopic (exact) mass is 322 g/mol. The average Bonchev–Trinajstić information content (AvgIpc) is 3.08. The van der Waals surface area contributed by atoms with Crippen LogP contribution in [0.25, 0.3) is 17.0 Å². The second kappa shape index (κ2) is 6.58. The number of H-pyrrole nitrogens is 1. The van der Waals surface area contributed by atoms with Crippen LogP contribution in [0.3, 0.4) is 0 Å². The van der Waals surface area contributed by atoms with Crippen LogP contribution >= 0.6 is 0 Å². The first-order valence-corrected chi connectivity index (χ1v) is 7.51. The van der Waals surface area contributed by atoms with Crippen molar-refractivity contribution in [2.45, 2.75) is 6.92 Å². The van der Waals surface area contributed by atoms with Crippen LogP contribution in [0.4, 0.5) is 0 Å². The largest absolute Gasteiger partial charge is 0.481 e. The molecule has 0 unspecified atom stereocenters. The average molecular weight is 322 g/mol. The topological polar surface area (TPSA) is 64.2 Å². The first-order chi connectivity index (χ1) is 11.6. The number of hydrogen-bond acceptors (Lipinski definition) is 4. The van der Waals surface area contributed by atoms with Crippen molar-refractivity contribution in [3.8, 4) is 11.8 Å². The Morgan fingerprint density at radius 1 is 1.08 bits per heavy atom. The van der Waals surface area contributed by atoms with Gasteiger partial charge < -0.3 is 14.5 Å². The van der Waals surface area contributed by atoms with Crippen molar-refractivity contribution in [1.82, 2.24) is 9.97 Å². The lowest BCUT2D eigenvalue weighted by Gasteiger charge is -2.07. The predicted octanol–water partition coefficient (Wildman–Crippen LogP) is 3.87. The molecule has 122 valence electrons. The first-order valence-electron chi connectivity index (χ1n) is 7.51. The van der Waals surface area contributed by atoms with E-state index in [1.54, 1.807) is 19.1 Å². The highest BCUT2D eigenvalue weighted by Crippen LogP contribution is 2.22. The molecule has 1 N–H and O–H groups in total. The maximum absolute atomic E-state index is 12.7. The number of methoxy groups -OCH3 is 2. The lowest BCUT2D eigenvalue weighted by atomic mass is 10.0. The van der Waals surface area contributed by atoms with Crippen molar-refractivity contribution < 1.29 is 14.3 Å². The fourth-order valence-corrected chi connectivity index (χ4v) is 2.53. The maximum atomic E-state index is 12.7. The molecule has 0 atom stereocenters. The van der Waals surface area contributed by atoms with Crippen LogP contribution in [0, 0.1) is 0 Å². The fraction of sp³-hybridized carbons (Fsp3) is 0.158. The third-order valence-corrected chi connectivity index (χ3v) is 3.78. The van der Waals surface area contributed by atoms with E-state index in [9.17, 15) is 4.79 Å². The first kappa shape index (κ1) is 15.8. The number of nitrogens with one attached hydrogen (secondary N) is 1. The zero-order chi connectivity index (χ0) is 17.1. The molecule has 0 aliphatic heterocycles. The van der Waals surface area contributed by atoms with Gasteiger partial charge in [0.25, 0.3) is 0 Å². The minimum Gasteiger partial charge on any atom is -0.481 e. The fourth-order valence-electron chi connectivity index (χ4n) is 2.53. The van der Waals surface area contributed by atoms with Gasteiger partial charge in [0.2, 0.25) is 11.8 Å². The molecule has 2 heterocycles. The van der Waals surface area contributed by atoms with Crippen LogP contribution in [0.2, 0.25) is 0 Å². The Morgan fingerprint density at radius 3 is 2.46 bits per heavy atom. The van der Waals surface area contributed by atoms with Gasteiger partial charge in [-0.15, -0.1) is 0 Å². The van der Waals surface area contributed by atoms with Gasteiger partial charge in [-0.1, -0.05) is 6.07 Å². The van der Waals surface area contributed by atoms with Gasteiger partial charge in [-0.25, -0.2) is 0 Å². The standard InChI is InChI=1S/C19H18N2O3/c1-12(8-13-4-5-16-14(9-13)6-7-20-16)19(22)15-10-17(23-2)21-18(11-15)24-3/h4-11,20H,1-3H3/b12-8+. The summed E-state index contributed by atoms with van der Waals surface area (Å²) in [5, 5.41) is 1.11. The van der Waals surface area contributed by atoms with Gasteiger partial charge in [-0.05, 0) is 47.7 Å². The van der Waals surface area contributed by atoms with E-state index < -0.39 is 0 Å². The van der Waals surface area contributed by atoms with E-state index in [0.717, 1.165) is 16.5 Å². The second-order valence-electron chi connectivity index (χ2n) is 5.42. The van der Waals surface area contributed by atoms with Crippen LogP contribution < -0.4 is 9.47 Å². The van der Waals surface area contributed by atoms with E-state index in [1.807, 2.05) is 36.5 Å². The summed E-state index contributed by atoms with van der Waals surface area (Å²) in [4.78, 5) is 19.9. The number of ketones is 1. The summed E-state index contributed by atoms with van der Waals surface area (Å²) in [5.41, 5.74) is 3.15. The van der Waals surface area contributed by atoms with Gasteiger partial charge in [0.05, 0.1) is 14.2 Å². The molecule has 0 radical (unpaired) electrons. The molecule has 5 nitrogen and oxygen atoms in total. The molecule has 0 saturated heterocycles. The van der Waals surface area contributed by atoms with Crippen molar-refractivity contribution in [2.24, 2.45) is 0 Å². The summed E-state index contributed by atoms with van der Waals surface area (Å²) in [6.07, 6.45) is 3.76. The number of allylic oxidation sites excluding steroid dienone is 1. The van der Waals surface area contributed by atoms with Crippen LogP contribution in [0.15, 0.2) is 48.2 Å². The molecule has 3 aromatic rings. The number of hydrogen-bond donors (Lipinski definition) is 1. The highest BCUT2D eigenvalue weighted by molar-refractivity contribution is 6.11. The summed E-state index contributed by atoms with van der Waals surface area (Å²) >= 11 is 0. The highest BCUT2D eigenvalue weighted by Gasteiger charge is 2.13. The van der Waals surface area contributed by atoms with Crippen molar-refractivity contribution in [1.29, 1.82) is 0 Å². The molecule has 0 bridgehead atoms. The van der Waals surface area contributed by atoms with Crippen LogP contribution in [0.1, 0.15) is 22.8 Å². The zero-order valence-corrected chi connectivity index (χ0v) is 13.8. The van der Waals surface area contributed by atoms with Gasteiger partial charge in [-0.2, -0.15) is 4.98 Å². The van der Waals surface area contributed by atoms with E-state index >= 15 is 0 Å². The van der Waals surface area contributed by atoms with Crippen LogP contribution in [-0.4, -0.2) is 30.0 Å². The minimum absolute atomic E-state index is 0.0943. The molecule has 0 amide bonds. The van der Waals surface area contributed by atoms with E-state index in [0.29, 0.717) is 22.9 Å². The van der Waals surface area contributed by atoms with Crippen LogP contribution in [0.5, 0.6) is 11.8 Å². The van der Waals surface area contributed by atoms with Crippen LogP contribution in [-0.2, 0) is 0 Å². The summed E-state index contributed by atoms with van der Waals surface area (Å²) in [7, 11) is 3.01. The number of fused-ring (bicyclic) bond motifs is 1. The molecule has 0 saturated carbocycles. The number of ether oxygens (including phenoxy) is 2. The van der Waals surface area contributed by atoms with E-state index in [1.165, 1.54) is 14.2 Å². The second-order valence-corrected chi connectivity index (χ2v) is 5.42. The number of aromatic amines is 1. The molecule has 3 rings (SSSR count). The van der Waals surface area contributed by atoms with Gasteiger partial charge in [-0.3, -0.25) is 4.79 Å². The number of carbonyl (C=O) groups excluding carboxylic acids is 1. The minimum atomic E-state index is -0.0943. The smallest absolute Gasteiger partial charge is 0.216 e. The molecule has 0 spiro atoms. The van der Waals surface area contributed by atoms with E-state index in [2.05, 4.69) is 9.97 Å². The van der Waals surface area contributed by atoms with Gasteiger partial charge in [0.15, 0.2) is 5.78 Å². The maximum Gasteiger partial charge on any atom is 0.216 e. The molecule has 0 fully saturated rings. The molecular formula is C19H18N2O3. The number of carbonyl (C=O) groups is 1. The molecule has 5 heteroatoms. The number of aromatic nitrogens is 2. The lowest BCUT2D eigenvalue weighted by Crippen LogP contribution is -2.03. The number of Topliss-reactive ketones (excluding diaryl/α,β-unsaturated/α-hetero) is 1. The van der Waals surface area contributed by atoms with Gasteiger partial charge in [0, 0.05) is 29.4 Å². The summed E-state index contributed by atoms with van der Waals surface area (Å²) < 4.78 is 10.2. The molecule has 0 aliphatic rings. The molecule has 0 aliphatic carbocycles. The zero-order valence-electron chi connectivity index (χ0n) is 13.8. The quantitative estimate of drug-likeness (QED) is 0.572. The highest BCUT2D eigenvalue weighted by atomic mass is 16.5. The van der Waals surface area contributed by atoms with Crippen molar-refractivity contribution in [3.63, 3.8) is 0 Å². The molecule has 1 aromatic carbocycles. The Hall–Kier alpha value is -3.08. The molecular weight excluding hydrogens is 304 g/mol. The lowest BCUT2D eigenvalue weighted by molar-refractivity contribution is 0.103.